The molecule has 0 radical (unpaired) electrons. The van der Waals surface area contributed by atoms with E-state index >= 15 is 0 Å². The van der Waals surface area contributed by atoms with Gasteiger partial charge in [-0.05, 0) is 48.1 Å². The maximum absolute atomic E-state index is 14.0. The van der Waals surface area contributed by atoms with E-state index in [4.69, 9.17) is 0 Å². The average molecular weight is 319 g/mol. The predicted octanol–water partition coefficient (Wildman–Crippen LogP) is 3.78. The molecule has 1 aromatic carbocycles. The van der Waals surface area contributed by atoms with E-state index in [2.05, 4.69) is 20.8 Å². The Labute approximate surface area is 133 Å². The summed E-state index contributed by atoms with van der Waals surface area (Å²) in [6.07, 6.45) is 2.72. The highest BCUT2D eigenvalue weighted by Gasteiger charge is 2.65. The van der Waals surface area contributed by atoms with Gasteiger partial charge in [0.1, 0.15) is 11.6 Å². The Hall–Kier alpha value is -1.78. The van der Waals surface area contributed by atoms with Gasteiger partial charge in [0.2, 0.25) is 0 Å². The van der Waals surface area contributed by atoms with Crippen LogP contribution in [0.25, 0.3) is 0 Å². The molecule has 2 aliphatic carbocycles. The molecule has 3 nitrogen and oxygen atoms in total. The highest BCUT2D eigenvalue weighted by atomic mass is 19.1. The van der Waals surface area contributed by atoms with Gasteiger partial charge in [-0.25, -0.2) is 8.78 Å². The fraction of sp³-hybridized carbons (Fsp3) is 0.556. The van der Waals surface area contributed by atoms with Crippen LogP contribution < -0.4 is 0 Å². The lowest BCUT2D eigenvalue weighted by Crippen LogP contribution is -2.49. The molecule has 5 heteroatoms. The Morgan fingerprint density at radius 2 is 1.57 bits per heavy atom. The first-order valence-electron chi connectivity index (χ1n) is 8.06. The van der Waals surface area contributed by atoms with E-state index in [1.165, 1.54) is 0 Å². The van der Waals surface area contributed by atoms with E-state index in [1.807, 2.05) is 0 Å². The van der Waals surface area contributed by atoms with Crippen LogP contribution in [0.2, 0.25) is 0 Å². The summed E-state index contributed by atoms with van der Waals surface area (Å²) in [7, 11) is 0. The molecular formula is C18H19F2NO2. The summed E-state index contributed by atoms with van der Waals surface area (Å²) < 4.78 is 28.0. The molecule has 0 unspecified atom stereocenters. The number of halogens is 2. The molecule has 2 amide bonds. The Morgan fingerprint density at radius 3 is 1.96 bits per heavy atom. The van der Waals surface area contributed by atoms with E-state index < -0.39 is 34.6 Å². The van der Waals surface area contributed by atoms with Gasteiger partial charge in [0.15, 0.2) is 0 Å². The summed E-state index contributed by atoms with van der Waals surface area (Å²) in [6.45, 7) is 6.44. The molecule has 4 rings (SSSR count). The Balaban J connectivity index is 1.82. The van der Waals surface area contributed by atoms with Crippen molar-refractivity contribution in [1.82, 2.24) is 4.90 Å². The molecule has 2 bridgehead atoms. The number of benzene rings is 1. The lowest BCUT2D eigenvalue weighted by Gasteiger charge is -2.42. The monoisotopic (exact) mass is 319 g/mol. The first-order chi connectivity index (χ1) is 10.7. The zero-order valence-corrected chi connectivity index (χ0v) is 13.5. The Kier molecular flexibility index (Phi) is 2.69. The molecule has 1 aromatic rings. The SMILES string of the molecule is CC1(C)[C@@H]2CC[C@]1(C)[C@@H](N1C(=O)c3c(F)ccc(F)c3C1=O)C2. The number of rotatable bonds is 1. The average Bonchev–Trinajstić information content (AvgIpc) is 2.95. The minimum atomic E-state index is -0.824. The van der Waals surface area contributed by atoms with Gasteiger partial charge in [-0.3, -0.25) is 14.5 Å². The van der Waals surface area contributed by atoms with Gasteiger partial charge in [-0.2, -0.15) is 0 Å². The van der Waals surface area contributed by atoms with Crippen LogP contribution >= 0.6 is 0 Å². The van der Waals surface area contributed by atoms with Crippen molar-refractivity contribution in [3.8, 4) is 0 Å². The molecule has 0 spiro atoms. The third-order valence-electron chi connectivity index (χ3n) is 7.03. The summed E-state index contributed by atoms with van der Waals surface area (Å²) in [4.78, 5) is 26.5. The summed E-state index contributed by atoms with van der Waals surface area (Å²) in [5.74, 6) is -2.59. The summed E-state index contributed by atoms with van der Waals surface area (Å²) in [5.41, 5.74) is -1.01. The number of fused-ring (bicyclic) bond motifs is 3. The number of carbonyl (C=O) groups is 2. The van der Waals surface area contributed by atoms with Crippen LogP contribution in [0.5, 0.6) is 0 Å². The third-order valence-corrected chi connectivity index (χ3v) is 7.03. The van der Waals surface area contributed by atoms with E-state index in [0.717, 1.165) is 36.3 Å². The van der Waals surface area contributed by atoms with Crippen molar-refractivity contribution in [3.63, 3.8) is 0 Å². The maximum Gasteiger partial charge on any atom is 0.264 e. The second-order valence-electron chi connectivity index (χ2n) is 7.89. The number of hydrogen-bond acceptors (Lipinski definition) is 2. The van der Waals surface area contributed by atoms with Gasteiger partial charge < -0.3 is 0 Å². The lowest BCUT2D eigenvalue weighted by molar-refractivity contribution is 0.0316. The first kappa shape index (κ1) is 14.8. The van der Waals surface area contributed by atoms with Crippen LogP contribution in [0.3, 0.4) is 0 Å². The standard InChI is InChI=1S/C18H19F2NO2/c1-17(2)9-6-7-18(17,3)12(8-9)21-15(22)13-10(19)4-5-11(20)14(13)16(21)23/h4-5,9,12H,6-8H2,1-3H3/t9-,12+,18-/m1/s1. The van der Waals surface area contributed by atoms with Crippen LogP contribution in [0, 0.1) is 28.4 Å². The second kappa shape index (κ2) is 4.19. The minimum Gasteiger partial charge on any atom is -0.270 e. The van der Waals surface area contributed by atoms with Crippen molar-refractivity contribution in [3.05, 3.63) is 34.9 Å². The Bertz CT molecular complexity index is 717. The maximum atomic E-state index is 14.0. The van der Waals surface area contributed by atoms with Crippen molar-refractivity contribution in [2.75, 3.05) is 0 Å². The third kappa shape index (κ3) is 1.53. The number of hydrogen-bond donors (Lipinski definition) is 0. The quantitative estimate of drug-likeness (QED) is 0.739. The normalized spacial score (nSPS) is 34.4. The van der Waals surface area contributed by atoms with Gasteiger partial charge >= 0.3 is 0 Å². The van der Waals surface area contributed by atoms with Crippen molar-refractivity contribution < 1.29 is 18.4 Å². The highest BCUT2D eigenvalue weighted by Crippen LogP contribution is 2.67. The first-order valence-corrected chi connectivity index (χ1v) is 8.06. The van der Waals surface area contributed by atoms with Crippen molar-refractivity contribution in [2.45, 2.75) is 46.1 Å². The van der Waals surface area contributed by atoms with E-state index in [-0.39, 0.29) is 16.9 Å². The largest absolute Gasteiger partial charge is 0.270 e. The van der Waals surface area contributed by atoms with Crippen LogP contribution in [0.1, 0.15) is 60.7 Å². The molecule has 0 saturated heterocycles. The smallest absolute Gasteiger partial charge is 0.264 e. The fourth-order valence-corrected chi connectivity index (χ4v) is 5.14. The van der Waals surface area contributed by atoms with Gasteiger partial charge in [-0.15, -0.1) is 0 Å². The topological polar surface area (TPSA) is 37.4 Å². The molecule has 3 atom stereocenters. The zero-order chi connectivity index (χ0) is 16.7. The molecule has 3 aliphatic rings. The van der Waals surface area contributed by atoms with Crippen molar-refractivity contribution in [2.24, 2.45) is 16.7 Å². The second-order valence-corrected chi connectivity index (χ2v) is 7.89. The molecule has 23 heavy (non-hydrogen) atoms. The van der Waals surface area contributed by atoms with Gasteiger partial charge in [0.25, 0.3) is 11.8 Å². The van der Waals surface area contributed by atoms with Gasteiger partial charge in [0.05, 0.1) is 11.1 Å². The summed E-state index contributed by atoms with van der Waals surface area (Å²) >= 11 is 0. The predicted molar refractivity (Wildman–Crippen MR) is 79.9 cm³/mol. The number of nitrogens with zero attached hydrogens (tertiary/aromatic N) is 1. The molecule has 0 aromatic heterocycles. The van der Waals surface area contributed by atoms with E-state index in [9.17, 15) is 18.4 Å². The molecule has 2 fully saturated rings. The van der Waals surface area contributed by atoms with Crippen LogP contribution in [0.4, 0.5) is 8.78 Å². The van der Waals surface area contributed by atoms with Crippen molar-refractivity contribution in [1.29, 1.82) is 0 Å². The van der Waals surface area contributed by atoms with Crippen LogP contribution in [0.15, 0.2) is 12.1 Å². The minimum absolute atomic E-state index is 0.00406. The van der Waals surface area contributed by atoms with E-state index in [0.29, 0.717) is 5.92 Å². The van der Waals surface area contributed by atoms with Gasteiger partial charge in [0, 0.05) is 6.04 Å². The Morgan fingerprint density at radius 1 is 1.04 bits per heavy atom. The highest BCUT2D eigenvalue weighted by molar-refractivity contribution is 6.21. The lowest BCUT2D eigenvalue weighted by atomic mass is 9.69. The number of imide groups is 1. The zero-order valence-electron chi connectivity index (χ0n) is 13.5. The van der Waals surface area contributed by atoms with Gasteiger partial charge in [-0.1, -0.05) is 20.8 Å². The number of carbonyl (C=O) groups excluding carboxylic acids is 2. The van der Waals surface area contributed by atoms with E-state index in [1.54, 1.807) is 0 Å². The fourth-order valence-electron chi connectivity index (χ4n) is 5.14. The molecule has 1 heterocycles. The van der Waals surface area contributed by atoms with Crippen LogP contribution in [-0.2, 0) is 0 Å². The molecular weight excluding hydrogens is 300 g/mol. The number of amides is 2. The van der Waals surface area contributed by atoms with Crippen LogP contribution in [-0.4, -0.2) is 22.8 Å². The molecule has 122 valence electrons. The van der Waals surface area contributed by atoms with Crippen molar-refractivity contribution >= 4 is 11.8 Å². The molecule has 1 aliphatic heterocycles. The summed E-state index contributed by atoms with van der Waals surface area (Å²) in [6, 6.07) is 1.53. The molecule has 2 saturated carbocycles. The summed E-state index contributed by atoms with van der Waals surface area (Å²) in [5, 5.41) is 0. The molecule has 0 N–H and O–H groups in total.